The van der Waals surface area contributed by atoms with E-state index in [4.69, 9.17) is 9.47 Å². The molecule has 2 aromatic rings. The number of carbonyl (C=O) groups is 1. The van der Waals surface area contributed by atoms with Crippen molar-refractivity contribution in [2.75, 3.05) is 20.7 Å². The first-order valence-corrected chi connectivity index (χ1v) is 10.5. The first-order valence-electron chi connectivity index (χ1n) is 10.5. The van der Waals surface area contributed by atoms with Crippen molar-refractivity contribution in [3.05, 3.63) is 59.4 Å². The van der Waals surface area contributed by atoms with Gasteiger partial charge >= 0.3 is 0 Å². The molecule has 5 nitrogen and oxygen atoms in total. The van der Waals surface area contributed by atoms with Crippen molar-refractivity contribution in [3.8, 4) is 11.5 Å². The summed E-state index contributed by atoms with van der Waals surface area (Å²) in [5, 5.41) is 3.00. The normalized spacial score (nSPS) is 23.2. The number of piperidine rings is 1. The lowest BCUT2D eigenvalue weighted by Gasteiger charge is -2.25. The third kappa shape index (κ3) is 4.59. The van der Waals surface area contributed by atoms with E-state index in [0.717, 1.165) is 31.5 Å². The van der Waals surface area contributed by atoms with Gasteiger partial charge < -0.3 is 14.8 Å². The highest BCUT2D eigenvalue weighted by Crippen LogP contribution is 2.39. The number of methoxy groups -OCH3 is 1. The largest absolute Gasteiger partial charge is 0.493 e. The number of amides is 1. The molecule has 2 fully saturated rings. The van der Waals surface area contributed by atoms with Gasteiger partial charge in [0.15, 0.2) is 11.5 Å². The molecule has 0 bridgehead atoms. The number of benzene rings is 2. The van der Waals surface area contributed by atoms with Crippen molar-refractivity contribution < 1.29 is 18.7 Å². The molecule has 3 atom stereocenters. The zero-order valence-corrected chi connectivity index (χ0v) is 17.6. The van der Waals surface area contributed by atoms with Gasteiger partial charge in [-0.1, -0.05) is 24.3 Å². The van der Waals surface area contributed by atoms with Crippen LogP contribution in [0.4, 0.5) is 4.39 Å². The Hall–Kier alpha value is -2.60. The lowest BCUT2D eigenvalue weighted by molar-refractivity contribution is -0.124. The number of fused-ring (bicyclic) bond motifs is 1. The zero-order valence-electron chi connectivity index (χ0n) is 17.6. The maximum atomic E-state index is 13.9. The number of hydrogen-bond donors (Lipinski definition) is 1. The Morgan fingerprint density at radius 2 is 1.93 bits per heavy atom. The summed E-state index contributed by atoms with van der Waals surface area (Å²) in [5.74, 6) is 2.25. The van der Waals surface area contributed by atoms with E-state index in [0.29, 0.717) is 41.4 Å². The molecule has 1 saturated carbocycles. The van der Waals surface area contributed by atoms with Gasteiger partial charge in [0.1, 0.15) is 12.4 Å². The molecule has 0 spiro atoms. The molecule has 6 heteroatoms. The molecule has 0 radical (unpaired) electrons. The second-order valence-corrected chi connectivity index (χ2v) is 8.43. The maximum absolute atomic E-state index is 13.9. The van der Waals surface area contributed by atoms with Gasteiger partial charge in [0.2, 0.25) is 5.91 Å². The first-order chi connectivity index (χ1) is 14.5. The number of hydrogen-bond acceptors (Lipinski definition) is 4. The molecule has 1 heterocycles. The minimum absolute atomic E-state index is 0.148. The quantitative estimate of drug-likeness (QED) is 0.752. The number of halogens is 1. The summed E-state index contributed by atoms with van der Waals surface area (Å²) < 4.78 is 25.2. The van der Waals surface area contributed by atoms with Crippen LogP contribution in [0.2, 0.25) is 0 Å². The molecule has 1 saturated heterocycles. The Labute approximate surface area is 177 Å². The van der Waals surface area contributed by atoms with E-state index in [1.807, 2.05) is 18.2 Å². The Balaban J connectivity index is 1.41. The van der Waals surface area contributed by atoms with Crippen LogP contribution in [0.15, 0.2) is 42.5 Å². The highest BCUT2D eigenvalue weighted by molar-refractivity contribution is 5.77. The Morgan fingerprint density at radius 1 is 1.13 bits per heavy atom. The van der Waals surface area contributed by atoms with Gasteiger partial charge in [0.05, 0.1) is 7.11 Å². The summed E-state index contributed by atoms with van der Waals surface area (Å²) in [7, 11) is 3.74. The molecule has 1 amide bonds. The van der Waals surface area contributed by atoms with Gasteiger partial charge in [-0.2, -0.15) is 0 Å². The third-order valence-electron chi connectivity index (χ3n) is 6.45. The smallest absolute Gasteiger partial charge is 0.220 e. The van der Waals surface area contributed by atoms with Crippen molar-refractivity contribution in [1.29, 1.82) is 0 Å². The number of ether oxygens (including phenoxy) is 2. The van der Waals surface area contributed by atoms with Crippen LogP contribution in [0.1, 0.15) is 30.4 Å². The molecule has 1 N–H and O–H groups in total. The van der Waals surface area contributed by atoms with E-state index < -0.39 is 0 Å². The van der Waals surface area contributed by atoms with Crippen molar-refractivity contribution in [1.82, 2.24) is 10.2 Å². The summed E-state index contributed by atoms with van der Waals surface area (Å²) in [5.41, 5.74) is 1.63. The van der Waals surface area contributed by atoms with Gasteiger partial charge in [0, 0.05) is 31.1 Å². The van der Waals surface area contributed by atoms with Crippen molar-refractivity contribution in [2.45, 2.75) is 38.5 Å². The zero-order chi connectivity index (χ0) is 21.1. The first kappa shape index (κ1) is 20.7. The van der Waals surface area contributed by atoms with Crippen LogP contribution in [0, 0.1) is 17.7 Å². The molecule has 160 valence electrons. The molecule has 2 aliphatic rings. The average molecular weight is 413 g/mol. The number of rotatable bonds is 7. The predicted octanol–water partition coefficient (Wildman–Crippen LogP) is 3.76. The number of carbonyl (C=O) groups excluding carboxylic acids is 1. The van der Waals surface area contributed by atoms with Crippen LogP contribution < -0.4 is 14.8 Å². The van der Waals surface area contributed by atoms with E-state index in [1.54, 1.807) is 25.3 Å². The number of nitrogens with one attached hydrogen (secondary N) is 1. The van der Waals surface area contributed by atoms with Crippen molar-refractivity contribution in [3.63, 3.8) is 0 Å². The van der Waals surface area contributed by atoms with E-state index in [2.05, 4.69) is 17.3 Å². The summed E-state index contributed by atoms with van der Waals surface area (Å²) in [6.07, 6.45) is 2.85. The molecule has 1 aliphatic heterocycles. The Kier molecular flexibility index (Phi) is 6.23. The molecule has 0 unspecified atom stereocenters. The van der Waals surface area contributed by atoms with Gasteiger partial charge in [-0.15, -0.1) is 0 Å². The second kappa shape index (κ2) is 9.04. The van der Waals surface area contributed by atoms with Crippen LogP contribution in [-0.4, -0.2) is 37.6 Å². The van der Waals surface area contributed by atoms with Crippen LogP contribution in [0.25, 0.3) is 0 Å². The minimum Gasteiger partial charge on any atom is -0.493 e. The molecular formula is C24H29FN2O3. The SMILES string of the molecule is COc1ccc(CN(C)[C@H]2C[C@H]3CNC(=O)C[C@H]3C2)cc1OCc1ccccc1F. The lowest BCUT2D eigenvalue weighted by Crippen LogP contribution is -2.38. The van der Waals surface area contributed by atoms with Crippen LogP contribution in [0.3, 0.4) is 0 Å². The summed E-state index contributed by atoms with van der Waals surface area (Å²) in [6, 6.07) is 13.0. The Morgan fingerprint density at radius 3 is 2.73 bits per heavy atom. The monoisotopic (exact) mass is 412 g/mol. The van der Waals surface area contributed by atoms with Gasteiger partial charge in [-0.3, -0.25) is 9.69 Å². The molecule has 4 rings (SSSR count). The van der Waals surface area contributed by atoms with Crippen LogP contribution >= 0.6 is 0 Å². The molecule has 30 heavy (non-hydrogen) atoms. The maximum Gasteiger partial charge on any atom is 0.220 e. The lowest BCUT2D eigenvalue weighted by atomic mass is 9.89. The van der Waals surface area contributed by atoms with E-state index >= 15 is 0 Å². The van der Waals surface area contributed by atoms with Crippen LogP contribution in [0.5, 0.6) is 11.5 Å². The highest BCUT2D eigenvalue weighted by Gasteiger charge is 2.39. The summed E-state index contributed by atoms with van der Waals surface area (Å²) in [4.78, 5) is 14.0. The van der Waals surface area contributed by atoms with E-state index in [1.165, 1.54) is 6.07 Å². The van der Waals surface area contributed by atoms with Crippen LogP contribution in [-0.2, 0) is 17.9 Å². The Bertz CT molecular complexity index is 904. The summed E-state index contributed by atoms with van der Waals surface area (Å²) >= 11 is 0. The fourth-order valence-electron chi connectivity index (χ4n) is 4.72. The average Bonchev–Trinajstić information content (AvgIpc) is 3.17. The number of nitrogens with zero attached hydrogens (tertiary/aromatic N) is 1. The second-order valence-electron chi connectivity index (χ2n) is 8.43. The van der Waals surface area contributed by atoms with Gasteiger partial charge in [-0.25, -0.2) is 4.39 Å². The van der Waals surface area contributed by atoms with E-state index in [9.17, 15) is 9.18 Å². The predicted molar refractivity (Wildman–Crippen MR) is 113 cm³/mol. The fourth-order valence-corrected chi connectivity index (χ4v) is 4.72. The van der Waals surface area contributed by atoms with Gasteiger partial charge in [-0.05, 0) is 55.5 Å². The molecule has 0 aromatic heterocycles. The molecule has 1 aliphatic carbocycles. The van der Waals surface area contributed by atoms with E-state index in [-0.39, 0.29) is 18.3 Å². The molecule has 2 aromatic carbocycles. The van der Waals surface area contributed by atoms with Crippen molar-refractivity contribution >= 4 is 5.91 Å². The topological polar surface area (TPSA) is 50.8 Å². The third-order valence-corrected chi connectivity index (χ3v) is 6.45. The highest BCUT2D eigenvalue weighted by atomic mass is 19.1. The van der Waals surface area contributed by atoms with Gasteiger partial charge in [0.25, 0.3) is 0 Å². The standard InChI is InChI=1S/C24H29FN2O3/c1-27(20-10-18-12-24(28)26-13-19(18)11-20)14-16-7-8-22(29-2)23(9-16)30-15-17-5-3-4-6-21(17)25/h3-9,18-20H,10-15H2,1-2H3,(H,26,28)/t18-,19+,20-/m1/s1. The fraction of sp³-hybridized carbons (Fsp3) is 0.458. The molecular weight excluding hydrogens is 383 g/mol. The van der Waals surface area contributed by atoms with Crippen molar-refractivity contribution in [2.24, 2.45) is 11.8 Å². The summed E-state index contributed by atoms with van der Waals surface area (Å²) in [6.45, 7) is 1.74. The minimum atomic E-state index is -0.275.